The summed E-state index contributed by atoms with van der Waals surface area (Å²) in [7, 11) is 0. The molecule has 3 rings (SSSR count). The Morgan fingerprint density at radius 1 is 1.32 bits per heavy atom. The Morgan fingerprint density at radius 2 is 2.08 bits per heavy atom. The van der Waals surface area contributed by atoms with Crippen LogP contribution in [0.2, 0.25) is 0 Å². The largest absolute Gasteiger partial charge is 0.507 e. The van der Waals surface area contributed by atoms with Gasteiger partial charge in [0.1, 0.15) is 18.4 Å². The number of aromatic hydroxyl groups is 1. The van der Waals surface area contributed by atoms with Gasteiger partial charge in [-0.15, -0.1) is 0 Å². The number of likely N-dealkylation sites (tertiary alicyclic amines) is 1. The molecule has 2 fully saturated rings. The first-order chi connectivity index (χ1) is 12.0. The highest BCUT2D eigenvalue weighted by Crippen LogP contribution is 2.31. The van der Waals surface area contributed by atoms with E-state index in [1.54, 1.807) is 17.0 Å². The lowest BCUT2D eigenvalue weighted by Crippen LogP contribution is -2.58. The summed E-state index contributed by atoms with van der Waals surface area (Å²) in [5, 5.41) is 27.7. The van der Waals surface area contributed by atoms with Crippen LogP contribution in [0, 0.1) is 11.3 Å². The second-order valence-electron chi connectivity index (χ2n) is 6.74. The number of carbonyl (C=O) groups excluding carboxylic acids is 1. The lowest BCUT2D eigenvalue weighted by Gasteiger charge is -2.47. The van der Waals surface area contributed by atoms with Crippen molar-refractivity contribution in [1.29, 1.82) is 5.26 Å². The van der Waals surface area contributed by atoms with Crippen LogP contribution < -0.4 is 0 Å². The van der Waals surface area contributed by atoms with Crippen LogP contribution in [-0.2, 0) is 16.1 Å². The molecule has 0 atom stereocenters. The molecule has 2 aliphatic heterocycles. The number of phenols is 1. The Bertz CT molecular complexity index is 677. The molecule has 25 heavy (non-hydrogen) atoms. The molecule has 0 aromatic heterocycles. The van der Waals surface area contributed by atoms with Gasteiger partial charge in [0.25, 0.3) is 0 Å². The number of phenolic OH excluding ortho intramolecular Hbond substituents is 1. The van der Waals surface area contributed by atoms with E-state index in [0.29, 0.717) is 31.8 Å². The monoisotopic (exact) mass is 345 g/mol. The highest BCUT2D eigenvalue weighted by Gasteiger charge is 2.40. The number of benzene rings is 1. The minimum absolute atomic E-state index is 0.00749. The maximum absolute atomic E-state index is 11.7. The summed E-state index contributed by atoms with van der Waals surface area (Å²) in [6.07, 6.45) is 1.65. The molecular formula is C18H23N3O4. The second-order valence-corrected chi connectivity index (χ2v) is 6.74. The number of nitrogens with zero attached hydrogens (tertiary/aromatic N) is 3. The fourth-order valence-corrected chi connectivity index (χ4v) is 3.61. The number of aliphatic hydroxyl groups excluding tert-OH is 1. The topological polar surface area (TPSA) is 97.0 Å². The number of ether oxygens (including phenoxy) is 1. The molecule has 2 heterocycles. The number of hydrogen-bond acceptors (Lipinski definition) is 6. The standard InChI is InChI=1S/C18H23N3O4/c19-10-15-9-14(1-2-16(15)23)11-20-5-3-18(4-6-20)13-21(7-8-25-18)17(24)12-22/h1-2,9,22-23H,3-8,11-13H2. The average Bonchev–Trinajstić information content (AvgIpc) is 2.64. The molecule has 7 nitrogen and oxygen atoms in total. The molecule has 7 heteroatoms. The molecule has 0 bridgehead atoms. The van der Waals surface area contributed by atoms with Gasteiger partial charge in [-0.3, -0.25) is 9.69 Å². The van der Waals surface area contributed by atoms with Crippen molar-refractivity contribution in [3.8, 4) is 11.8 Å². The molecule has 1 amide bonds. The smallest absolute Gasteiger partial charge is 0.248 e. The summed E-state index contributed by atoms with van der Waals surface area (Å²) < 4.78 is 6.00. The molecule has 2 aliphatic rings. The van der Waals surface area contributed by atoms with Crippen LogP contribution >= 0.6 is 0 Å². The van der Waals surface area contributed by atoms with Crippen molar-refractivity contribution in [1.82, 2.24) is 9.80 Å². The number of amides is 1. The van der Waals surface area contributed by atoms with Gasteiger partial charge in [-0.1, -0.05) is 6.07 Å². The summed E-state index contributed by atoms with van der Waals surface area (Å²) in [5.41, 5.74) is 0.971. The van der Waals surface area contributed by atoms with Gasteiger partial charge in [0, 0.05) is 32.7 Å². The predicted octanol–water partition coefficient (Wildman–Crippen LogP) is 0.450. The average molecular weight is 345 g/mol. The number of piperidine rings is 1. The summed E-state index contributed by atoms with van der Waals surface area (Å²) in [6, 6.07) is 7.10. The third-order valence-corrected chi connectivity index (χ3v) is 5.09. The van der Waals surface area contributed by atoms with Gasteiger partial charge in [-0.25, -0.2) is 0 Å². The Kier molecular flexibility index (Phi) is 5.23. The highest BCUT2D eigenvalue weighted by atomic mass is 16.5. The minimum Gasteiger partial charge on any atom is -0.507 e. The van der Waals surface area contributed by atoms with Crippen LogP contribution in [0.3, 0.4) is 0 Å². The number of aliphatic hydroxyl groups is 1. The van der Waals surface area contributed by atoms with E-state index in [2.05, 4.69) is 4.90 Å². The minimum atomic E-state index is -0.454. The third kappa shape index (κ3) is 3.93. The van der Waals surface area contributed by atoms with Gasteiger partial charge in [0.05, 0.1) is 17.8 Å². The van der Waals surface area contributed by atoms with Crippen molar-refractivity contribution in [3.63, 3.8) is 0 Å². The predicted molar refractivity (Wildman–Crippen MR) is 89.7 cm³/mol. The summed E-state index contributed by atoms with van der Waals surface area (Å²) in [6.45, 7) is 3.52. The molecular weight excluding hydrogens is 322 g/mol. The lowest BCUT2D eigenvalue weighted by molar-refractivity contribution is -0.161. The van der Waals surface area contributed by atoms with Crippen LogP contribution in [0.4, 0.5) is 0 Å². The third-order valence-electron chi connectivity index (χ3n) is 5.09. The Morgan fingerprint density at radius 3 is 2.76 bits per heavy atom. The second kappa shape index (κ2) is 7.40. The number of hydrogen-bond donors (Lipinski definition) is 2. The first-order valence-electron chi connectivity index (χ1n) is 8.52. The zero-order valence-corrected chi connectivity index (χ0v) is 14.1. The van der Waals surface area contributed by atoms with Gasteiger partial charge >= 0.3 is 0 Å². The van der Waals surface area contributed by atoms with Gasteiger partial charge in [-0.05, 0) is 30.5 Å². The van der Waals surface area contributed by atoms with Crippen LogP contribution in [0.5, 0.6) is 5.75 Å². The van der Waals surface area contributed by atoms with Crippen LogP contribution in [-0.4, -0.2) is 70.9 Å². The van der Waals surface area contributed by atoms with Crippen molar-refractivity contribution in [2.24, 2.45) is 0 Å². The molecule has 1 spiro atoms. The zero-order valence-electron chi connectivity index (χ0n) is 14.1. The molecule has 0 saturated carbocycles. The normalized spacial score (nSPS) is 20.4. The van der Waals surface area contributed by atoms with Crippen molar-refractivity contribution >= 4 is 5.91 Å². The van der Waals surface area contributed by atoms with E-state index in [0.717, 1.165) is 31.5 Å². The van der Waals surface area contributed by atoms with Gasteiger partial charge in [0.2, 0.25) is 5.91 Å². The van der Waals surface area contributed by atoms with E-state index in [9.17, 15) is 9.90 Å². The van der Waals surface area contributed by atoms with Crippen molar-refractivity contribution < 1.29 is 19.7 Å². The molecule has 2 N–H and O–H groups in total. The fourth-order valence-electron chi connectivity index (χ4n) is 3.61. The Balaban J connectivity index is 1.58. The van der Waals surface area contributed by atoms with Crippen molar-refractivity contribution in [2.45, 2.75) is 25.0 Å². The maximum Gasteiger partial charge on any atom is 0.248 e. The highest BCUT2D eigenvalue weighted by molar-refractivity contribution is 5.77. The lowest BCUT2D eigenvalue weighted by atomic mass is 9.89. The molecule has 2 saturated heterocycles. The summed E-state index contributed by atoms with van der Waals surface area (Å²) in [4.78, 5) is 15.7. The molecule has 1 aromatic carbocycles. The van der Waals surface area contributed by atoms with E-state index in [-0.39, 0.29) is 17.3 Å². The number of rotatable bonds is 3. The first-order valence-corrected chi connectivity index (χ1v) is 8.52. The zero-order chi connectivity index (χ0) is 17.9. The van der Waals surface area contributed by atoms with Gasteiger partial charge in [0.15, 0.2) is 0 Å². The van der Waals surface area contributed by atoms with Crippen molar-refractivity contribution in [3.05, 3.63) is 29.3 Å². The first kappa shape index (κ1) is 17.7. The number of carbonyl (C=O) groups is 1. The van der Waals surface area contributed by atoms with Crippen molar-refractivity contribution in [2.75, 3.05) is 39.4 Å². The van der Waals surface area contributed by atoms with Gasteiger partial charge in [-0.2, -0.15) is 5.26 Å². The molecule has 134 valence electrons. The molecule has 0 unspecified atom stereocenters. The number of morpholine rings is 1. The van der Waals surface area contributed by atoms with Crippen LogP contribution in [0.1, 0.15) is 24.0 Å². The van der Waals surface area contributed by atoms with E-state index >= 15 is 0 Å². The molecule has 0 radical (unpaired) electrons. The fraction of sp³-hybridized carbons (Fsp3) is 0.556. The maximum atomic E-state index is 11.7. The van der Waals surface area contributed by atoms with Crippen LogP contribution in [0.25, 0.3) is 0 Å². The number of nitriles is 1. The molecule has 1 aromatic rings. The quantitative estimate of drug-likeness (QED) is 0.826. The van der Waals surface area contributed by atoms with E-state index in [1.165, 1.54) is 0 Å². The SMILES string of the molecule is N#Cc1cc(CN2CCC3(CC2)CN(C(=O)CO)CCO3)ccc1O. The van der Waals surface area contributed by atoms with E-state index in [1.807, 2.05) is 12.1 Å². The molecule has 0 aliphatic carbocycles. The summed E-state index contributed by atoms with van der Waals surface area (Å²) >= 11 is 0. The van der Waals surface area contributed by atoms with E-state index < -0.39 is 6.61 Å². The van der Waals surface area contributed by atoms with Gasteiger partial charge < -0.3 is 19.8 Å². The Hall–Kier alpha value is -2.14. The Labute approximate surface area is 147 Å². The van der Waals surface area contributed by atoms with E-state index in [4.69, 9.17) is 15.1 Å². The summed E-state index contributed by atoms with van der Waals surface area (Å²) in [5.74, 6) is -0.230. The van der Waals surface area contributed by atoms with Crippen LogP contribution in [0.15, 0.2) is 18.2 Å².